The van der Waals surface area contributed by atoms with Crippen molar-refractivity contribution in [1.29, 1.82) is 0 Å². The third kappa shape index (κ3) is 5.78. The maximum absolute atomic E-state index is 12.9. The van der Waals surface area contributed by atoms with Gasteiger partial charge >= 0.3 is 12.4 Å². The fourth-order valence-electron chi connectivity index (χ4n) is 2.08. The molecule has 2 aromatic rings. The van der Waals surface area contributed by atoms with Crippen molar-refractivity contribution in [3.8, 4) is 0 Å². The molecule has 0 aliphatic rings. The maximum atomic E-state index is 12.9. The molecule has 27 heavy (non-hydrogen) atoms. The van der Waals surface area contributed by atoms with Gasteiger partial charge in [-0.1, -0.05) is 17.7 Å². The normalized spacial score (nSPS) is 12.7. The highest BCUT2D eigenvalue weighted by Gasteiger charge is 2.32. The van der Waals surface area contributed by atoms with Crippen LogP contribution in [0.25, 0.3) is 0 Å². The Morgan fingerprint density at radius 3 is 2.00 bits per heavy atom. The van der Waals surface area contributed by atoms with E-state index in [2.05, 4.69) is 0 Å². The molecule has 0 unspecified atom stereocenters. The first-order chi connectivity index (χ1) is 12.3. The molecule has 0 atom stereocenters. The van der Waals surface area contributed by atoms with E-state index >= 15 is 0 Å². The second kappa shape index (κ2) is 7.29. The zero-order chi connectivity index (χ0) is 20.5. The van der Waals surface area contributed by atoms with Crippen LogP contribution >= 0.6 is 0 Å². The molecule has 0 aliphatic heterocycles. The molecule has 0 fully saturated rings. The van der Waals surface area contributed by atoms with E-state index in [1.54, 1.807) is 6.92 Å². The molecule has 2 rings (SSSR count). The van der Waals surface area contributed by atoms with Crippen LogP contribution in [0.5, 0.6) is 0 Å². The lowest BCUT2D eigenvalue weighted by atomic mass is 10.1. The third-order valence-electron chi connectivity index (χ3n) is 3.40. The van der Waals surface area contributed by atoms with Crippen molar-refractivity contribution in [2.24, 2.45) is 0 Å². The van der Waals surface area contributed by atoms with Gasteiger partial charge in [-0.05, 0) is 37.3 Å². The molecule has 0 saturated heterocycles. The van der Waals surface area contributed by atoms with Gasteiger partial charge in [0.15, 0.2) is 0 Å². The van der Waals surface area contributed by atoms with Crippen molar-refractivity contribution in [3.63, 3.8) is 0 Å². The van der Waals surface area contributed by atoms with Crippen LogP contribution in [-0.2, 0) is 16.2 Å². The lowest BCUT2D eigenvalue weighted by Gasteiger charge is -2.17. The fourth-order valence-corrected chi connectivity index (χ4v) is 3.15. The zero-order valence-electron chi connectivity index (χ0n) is 13.7. The lowest BCUT2D eigenvalue weighted by molar-refractivity contribution is -0.137. The second-order valence-electron chi connectivity index (χ2n) is 5.65. The van der Waals surface area contributed by atoms with Crippen molar-refractivity contribution in [1.82, 2.24) is 0 Å². The first kappa shape index (κ1) is 20.9. The fraction of sp³-hybridized carbons (Fsp3) is 0.250. The van der Waals surface area contributed by atoms with Crippen LogP contribution < -0.4 is 10.0 Å². The Balaban J connectivity index is 2.43. The maximum Gasteiger partial charge on any atom is 0.416 e. The first-order valence-electron chi connectivity index (χ1n) is 7.39. The minimum atomic E-state index is -4.80. The molecule has 0 saturated carbocycles. The average molecular weight is 412 g/mol. The largest absolute Gasteiger partial charge is 0.416 e. The Morgan fingerprint density at radius 2 is 1.48 bits per heavy atom. The number of nitrogens with one attached hydrogen (secondary N) is 2. The molecule has 0 spiro atoms. The Morgan fingerprint density at radius 1 is 0.889 bits per heavy atom. The number of halogens is 6. The zero-order valence-corrected chi connectivity index (χ0v) is 14.6. The molecular formula is C16H14F6N2O2S. The number of aryl methyl sites for hydroxylation is 1. The number of rotatable bonds is 5. The molecule has 2 aromatic carbocycles. The number of alkyl halides is 6. The number of hydrogen-bond donors (Lipinski definition) is 2. The second-order valence-corrected chi connectivity index (χ2v) is 7.33. The number of sulfonamides is 1. The molecule has 0 radical (unpaired) electrons. The van der Waals surface area contributed by atoms with E-state index in [4.69, 9.17) is 0 Å². The van der Waals surface area contributed by atoms with Gasteiger partial charge in [-0.2, -0.15) is 26.3 Å². The average Bonchev–Trinajstić information content (AvgIpc) is 2.52. The summed E-state index contributed by atoms with van der Waals surface area (Å²) in [5, 5.41) is 1.90. The highest BCUT2D eigenvalue weighted by molar-refractivity contribution is 7.92. The van der Waals surface area contributed by atoms with Crippen molar-refractivity contribution in [3.05, 3.63) is 53.6 Å². The van der Waals surface area contributed by atoms with Gasteiger partial charge in [-0.3, -0.25) is 4.72 Å². The number of hydrogen-bond acceptors (Lipinski definition) is 3. The van der Waals surface area contributed by atoms with Crippen LogP contribution in [0.3, 0.4) is 0 Å². The van der Waals surface area contributed by atoms with Crippen molar-refractivity contribution >= 4 is 21.4 Å². The van der Waals surface area contributed by atoms with Gasteiger partial charge < -0.3 is 5.32 Å². The minimum Gasteiger partial charge on any atom is -0.375 e. The summed E-state index contributed by atoms with van der Waals surface area (Å²) in [5.41, 5.74) is -1.53. The van der Waals surface area contributed by atoms with Crippen LogP contribution in [-0.4, -0.2) is 21.1 Å². The first-order valence-corrected chi connectivity index (χ1v) is 8.88. The predicted octanol–water partition coefficient (Wildman–Crippen LogP) is 4.79. The lowest BCUT2D eigenvalue weighted by Crippen LogP contribution is -2.23. The van der Waals surface area contributed by atoms with E-state index < -0.39 is 45.9 Å². The Labute approximate surface area is 151 Å². The van der Waals surface area contributed by atoms with E-state index in [9.17, 15) is 34.8 Å². The van der Waals surface area contributed by atoms with E-state index in [1.165, 1.54) is 24.3 Å². The molecule has 11 heteroatoms. The molecule has 0 bridgehead atoms. The van der Waals surface area contributed by atoms with Gasteiger partial charge in [0.1, 0.15) is 6.54 Å². The van der Waals surface area contributed by atoms with E-state index in [0.29, 0.717) is 12.1 Å². The molecule has 4 nitrogen and oxygen atoms in total. The summed E-state index contributed by atoms with van der Waals surface area (Å²) < 4.78 is 103. The molecule has 2 N–H and O–H groups in total. The SMILES string of the molecule is Cc1ccc(S(=O)(=O)Nc2cc(C(F)(F)F)ccc2NCC(F)(F)F)cc1. The standard InChI is InChI=1S/C16H14F6N2O2S/c1-10-2-5-12(6-3-10)27(25,26)24-14-8-11(16(20,21)22)4-7-13(14)23-9-15(17,18)19/h2-8,23-24H,9H2,1H3. The van der Waals surface area contributed by atoms with E-state index in [-0.39, 0.29) is 4.90 Å². The summed E-state index contributed by atoms with van der Waals surface area (Å²) in [7, 11) is -4.31. The monoisotopic (exact) mass is 412 g/mol. The summed E-state index contributed by atoms with van der Waals surface area (Å²) in [4.78, 5) is -0.243. The van der Waals surface area contributed by atoms with Gasteiger partial charge in [0.25, 0.3) is 10.0 Å². The van der Waals surface area contributed by atoms with Gasteiger partial charge in [0.05, 0.1) is 21.8 Å². The smallest absolute Gasteiger partial charge is 0.375 e. The van der Waals surface area contributed by atoms with Gasteiger partial charge in [0, 0.05) is 0 Å². The van der Waals surface area contributed by atoms with E-state index in [0.717, 1.165) is 11.6 Å². The van der Waals surface area contributed by atoms with Crippen LogP contribution in [0.1, 0.15) is 11.1 Å². The van der Waals surface area contributed by atoms with Gasteiger partial charge in [-0.15, -0.1) is 0 Å². The summed E-state index contributed by atoms with van der Waals surface area (Å²) in [6.07, 6.45) is -9.44. The summed E-state index contributed by atoms with van der Waals surface area (Å²) in [5.74, 6) is 0. The topological polar surface area (TPSA) is 58.2 Å². The van der Waals surface area contributed by atoms with Crippen LogP contribution in [0.15, 0.2) is 47.4 Å². The van der Waals surface area contributed by atoms with Crippen LogP contribution in [0.4, 0.5) is 37.7 Å². The summed E-state index contributed by atoms with van der Waals surface area (Å²) >= 11 is 0. The molecule has 0 heterocycles. The van der Waals surface area contributed by atoms with Crippen molar-refractivity contribution in [2.75, 3.05) is 16.6 Å². The van der Waals surface area contributed by atoms with E-state index in [1.807, 2.05) is 10.0 Å². The Hall–Kier alpha value is -2.43. The quantitative estimate of drug-likeness (QED) is 0.695. The van der Waals surface area contributed by atoms with Gasteiger partial charge in [-0.25, -0.2) is 8.42 Å². The van der Waals surface area contributed by atoms with Crippen molar-refractivity contribution in [2.45, 2.75) is 24.2 Å². The van der Waals surface area contributed by atoms with Gasteiger partial charge in [0.2, 0.25) is 0 Å². The molecular weight excluding hydrogens is 398 g/mol. The summed E-state index contributed by atoms with van der Waals surface area (Å²) in [6, 6.07) is 7.14. The number of anilines is 2. The highest BCUT2D eigenvalue weighted by Crippen LogP contribution is 2.35. The van der Waals surface area contributed by atoms with Crippen LogP contribution in [0.2, 0.25) is 0 Å². The molecule has 0 aromatic heterocycles. The highest BCUT2D eigenvalue weighted by atomic mass is 32.2. The van der Waals surface area contributed by atoms with Crippen LogP contribution in [0, 0.1) is 6.92 Å². The Kier molecular flexibility index (Phi) is 5.64. The summed E-state index contributed by atoms with van der Waals surface area (Å²) in [6.45, 7) is 0.160. The Bertz CT molecular complexity index is 906. The van der Waals surface area contributed by atoms with Crippen molar-refractivity contribution < 1.29 is 34.8 Å². The molecule has 148 valence electrons. The minimum absolute atomic E-state index is 0.243. The molecule has 0 aliphatic carbocycles. The third-order valence-corrected chi connectivity index (χ3v) is 4.78. The molecule has 0 amide bonds. The number of benzene rings is 2. The predicted molar refractivity (Wildman–Crippen MR) is 88.0 cm³/mol.